The van der Waals surface area contributed by atoms with Gasteiger partial charge in [-0.1, -0.05) is 48.5 Å². The highest BCUT2D eigenvalue weighted by Gasteiger charge is 2.08. The van der Waals surface area contributed by atoms with Gasteiger partial charge in [-0.05, 0) is 29.9 Å². The van der Waals surface area contributed by atoms with Crippen LogP contribution >= 0.6 is 12.2 Å². The smallest absolute Gasteiger partial charge is 0.171 e. The van der Waals surface area contributed by atoms with Crippen molar-refractivity contribution in [3.8, 4) is 0 Å². The van der Waals surface area contributed by atoms with Gasteiger partial charge >= 0.3 is 0 Å². The van der Waals surface area contributed by atoms with Crippen LogP contribution in [0, 0.1) is 0 Å². The van der Waals surface area contributed by atoms with E-state index in [-0.39, 0.29) is 0 Å². The van der Waals surface area contributed by atoms with Gasteiger partial charge in [-0.3, -0.25) is 0 Å². The predicted octanol–water partition coefficient (Wildman–Crippen LogP) is 2.94. The second kappa shape index (κ2) is 5.46. The number of nitrogens with two attached hydrogens (primary N) is 1. The molecule has 2 rings (SSSR count). The summed E-state index contributed by atoms with van der Waals surface area (Å²) in [5.41, 5.74) is 7.98. The van der Waals surface area contributed by atoms with Crippen molar-refractivity contribution in [1.82, 2.24) is 0 Å². The molecular formula is C14H14N2S. The van der Waals surface area contributed by atoms with E-state index in [1.807, 2.05) is 53.4 Å². The summed E-state index contributed by atoms with van der Waals surface area (Å²) >= 11 is 5.10. The average molecular weight is 242 g/mol. The number of thiocarbonyl (C=S) groups is 1. The van der Waals surface area contributed by atoms with Crippen molar-refractivity contribution in [2.24, 2.45) is 5.73 Å². The minimum absolute atomic E-state index is 0.389. The molecule has 0 aliphatic heterocycles. The Morgan fingerprint density at radius 1 is 0.941 bits per heavy atom. The molecule has 3 heteroatoms. The first-order chi connectivity index (χ1) is 8.27. The van der Waals surface area contributed by atoms with Gasteiger partial charge < -0.3 is 10.6 Å². The first-order valence-electron chi connectivity index (χ1n) is 5.43. The molecule has 0 saturated carbocycles. The average Bonchev–Trinajstić information content (AvgIpc) is 2.38. The summed E-state index contributed by atoms with van der Waals surface area (Å²) in [6.07, 6.45) is 0. The lowest BCUT2D eigenvalue weighted by Crippen LogP contribution is -2.34. The van der Waals surface area contributed by atoms with Crippen LogP contribution in [0.3, 0.4) is 0 Å². The normalized spacial score (nSPS) is 9.88. The summed E-state index contributed by atoms with van der Waals surface area (Å²) in [7, 11) is 0. The molecule has 2 aromatic carbocycles. The molecule has 0 radical (unpaired) electrons. The Hall–Kier alpha value is -1.87. The van der Waals surface area contributed by atoms with E-state index in [0.717, 1.165) is 5.69 Å². The zero-order chi connectivity index (χ0) is 12.1. The van der Waals surface area contributed by atoms with Crippen molar-refractivity contribution in [2.75, 3.05) is 4.90 Å². The fourth-order valence-corrected chi connectivity index (χ4v) is 1.84. The minimum Gasteiger partial charge on any atom is -0.376 e. The summed E-state index contributed by atoms with van der Waals surface area (Å²) < 4.78 is 0. The quantitative estimate of drug-likeness (QED) is 0.839. The van der Waals surface area contributed by atoms with Crippen LogP contribution < -0.4 is 10.6 Å². The van der Waals surface area contributed by atoms with E-state index in [1.165, 1.54) is 5.56 Å². The molecule has 0 bridgehead atoms. The maximum absolute atomic E-state index is 5.77. The molecular weight excluding hydrogens is 228 g/mol. The lowest BCUT2D eigenvalue weighted by atomic mass is 10.2. The topological polar surface area (TPSA) is 29.3 Å². The molecule has 2 aromatic rings. The van der Waals surface area contributed by atoms with Crippen molar-refractivity contribution in [3.05, 3.63) is 66.2 Å². The van der Waals surface area contributed by atoms with Crippen LogP contribution in [-0.4, -0.2) is 5.11 Å². The summed E-state index contributed by atoms with van der Waals surface area (Å²) in [4.78, 5) is 1.92. The highest BCUT2D eigenvalue weighted by molar-refractivity contribution is 7.80. The third kappa shape index (κ3) is 3.04. The van der Waals surface area contributed by atoms with Crippen LogP contribution in [0.15, 0.2) is 60.7 Å². The van der Waals surface area contributed by atoms with Crippen molar-refractivity contribution < 1.29 is 0 Å². The maximum Gasteiger partial charge on any atom is 0.171 e. The third-order valence-electron chi connectivity index (χ3n) is 2.52. The fraction of sp³-hybridized carbons (Fsp3) is 0.0714. The zero-order valence-corrected chi connectivity index (χ0v) is 10.2. The molecule has 2 nitrogen and oxygen atoms in total. The summed E-state index contributed by atoms with van der Waals surface area (Å²) in [6, 6.07) is 20.1. The Morgan fingerprint density at radius 3 is 2.00 bits per heavy atom. The molecule has 0 amide bonds. The van der Waals surface area contributed by atoms with E-state index in [1.54, 1.807) is 0 Å². The van der Waals surface area contributed by atoms with E-state index in [2.05, 4.69) is 12.1 Å². The Bertz CT molecular complexity index is 482. The fourth-order valence-electron chi connectivity index (χ4n) is 1.67. The van der Waals surface area contributed by atoms with E-state index >= 15 is 0 Å². The SMILES string of the molecule is NC(=S)N(Cc1ccccc1)c1ccccc1. The first kappa shape index (κ1) is 11.6. The van der Waals surface area contributed by atoms with Crippen molar-refractivity contribution >= 4 is 23.0 Å². The van der Waals surface area contributed by atoms with Gasteiger partial charge in [0.15, 0.2) is 5.11 Å². The number of nitrogens with zero attached hydrogens (tertiary/aromatic N) is 1. The number of hydrogen-bond donors (Lipinski definition) is 1. The number of anilines is 1. The Morgan fingerprint density at radius 2 is 1.47 bits per heavy atom. The van der Waals surface area contributed by atoms with E-state index in [4.69, 9.17) is 18.0 Å². The largest absolute Gasteiger partial charge is 0.376 e. The van der Waals surface area contributed by atoms with Crippen LogP contribution in [0.2, 0.25) is 0 Å². The van der Waals surface area contributed by atoms with Crippen LogP contribution in [-0.2, 0) is 6.54 Å². The molecule has 0 spiro atoms. The molecule has 86 valence electrons. The summed E-state index contributed by atoms with van der Waals surface area (Å²) in [5, 5.41) is 0.389. The molecule has 0 fully saturated rings. The number of rotatable bonds is 3. The van der Waals surface area contributed by atoms with Gasteiger partial charge in [-0.15, -0.1) is 0 Å². The lowest BCUT2D eigenvalue weighted by molar-refractivity contribution is 1.01. The molecule has 0 aromatic heterocycles. The van der Waals surface area contributed by atoms with Gasteiger partial charge in [0.2, 0.25) is 0 Å². The van der Waals surface area contributed by atoms with Crippen LogP contribution in [0.4, 0.5) is 5.69 Å². The molecule has 0 aliphatic carbocycles. The number of benzene rings is 2. The molecule has 0 aliphatic rings. The Balaban J connectivity index is 2.23. The van der Waals surface area contributed by atoms with Gasteiger partial charge in [-0.25, -0.2) is 0 Å². The van der Waals surface area contributed by atoms with Crippen LogP contribution in [0.5, 0.6) is 0 Å². The summed E-state index contributed by atoms with van der Waals surface area (Å²) in [5.74, 6) is 0. The number of hydrogen-bond acceptors (Lipinski definition) is 1. The second-order valence-corrected chi connectivity index (χ2v) is 4.16. The number of para-hydroxylation sites is 1. The Kier molecular flexibility index (Phi) is 3.73. The van der Waals surface area contributed by atoms with E-state index < -0.39 is 0 Å². The first-order valence-corrected chi connectivity index (χ1v) is 5.84. The van der Waals surface area contributed by atoms with Crippen LogP contribution in [0.1, 0.15) is 5.56 Å². The van der Waals surface area contributed by atoms with Crippen molar-refractivity contribution in [1.29, 1.82) is 0 Å². The predicted molar refractivity (Wildman–Crippen MR) is 75.9 cm³/mol. The summed E-state index contributed by atoms with van der Waals surface area (Å²) in [6.45, 7) is 0.695. The van der Waals surface area contributed by atoms with Gasteiger partial charge in [0.25, 0.3) is 0 Å². The minimum atomic E-state index is 0.389. The second-order valence-electron chi connectivity index (χ2n) is 3.75. The highest BCUT2D eigenvalue weighted by Crippen LogP contribution is 2.16. The van der Waals surface area contributed by atoms with Crippen LogP contribution in [0.25, 0.3) is 0 Å². The van der Waals surface area contributed by atoms with E-state index in [0.29, 0.717) is 11.7 Å². The molecule has 2 N–H and O–H groups in total. The maximum atomic E-state index is 5.77. The van der Waals surface area contributed by atoms with Crippen molar-refractivity contribution in [3.63, 3.8) is 0 Å². The van der Waals surface area contributed by atoms with Gasteiger partial charge in [0, 0.05) is 5.69 Å². The molecule has 0 unspecified atom stereocenters. The monoisotopic (exact) mass is 242 g/mol. The van der Waals surface area contributed by atoms with Gasteiger partial charge in [0.1, 0.15) is 0 Å². The Labute approximate surface area is 107 Å². The molecule has 0 atom stereocenters. The molecule has 0 heterocycles. The van der Waals surface area contributed by atoms with Crippen molar-refractivity contribution in [2.45, 2.75) is 6.54 Å². The molecule has 17 heavy (non-hydrogen) atoms. The molecule has 0 saturated heterocycles. The van der Waals surface area contributed by atoms with E-state index in [9.17, 15) is 0 Å². The zero-order valence-electron chi connectivity index (χ0n) is 9.41. The highest BCUT2D eigenvalue weighted by atomic mass is 32.1. The standard InChI is InChI=1S/C14H14N2S/c15-14(17)16(13-9-5-2-6-10-13)11-12-7-3-1-4-8-12/h1-10H,11H2,(H2,15,17). The van der Waals surface area contributed by atoms with Gasteiger partial charge in [0.05, 0.1) is 6.54 Å². The van der Waals surface area contributed by atoms with Gasteiger partial charge in [-0.2, -0.15) is 0 Å². The lowest BCUT2D eigenvalue weighted by Gasteiger charge is -2.22. The third-order valence-corrected chi connectivity index (χ3v) is 2.74.